The van der Waals surface area contributed by atoms with Gasteiger partial charge in [-0.3, -0.25) is 0 Å². The van der Waals surface area contributed by atoms with Crippen molar-refractivity contribution in [1.82, 2.24) is 0 Å². The van der Waals surface area contributed by atoms with E-state index in [1.165, 1.54) is 5.56 Å². The van der Waals surface area contributed by atoms with E-state index in [2.05, 4.69) is 13.8 Å². The summed E-state index contributed by atoms with van der Waals surface area (Å²) in [7, 11) is 0. The minimum Gasteiger partial charge on any atom is -0.490 e. The quantitative estimate of drug-likeness (QED) is 0.323. The number of hydrogen-bond acceptors (Lipinski definition) is 1. The lowest BCUT2D eigenvalue weighted by molar-refractivity contribution is 0.193. The van der Waals surface area contributed by atoms with Gasteiger partial charge in [-0.1, -0.05) is 62.7 Å². The van der Waals surface area contributed by atoms with Crippen molar-refractivity contribution >= 4 is 0 Å². The maximum Gasteiger partial charge on any atom is 0.166 e. The second kappa shape index (κ2) is 11.1. The highest BCUT2D eigenvalue weighted by molar-refractivity contribution is 5.65. The first-order valence-corrected chi connectivity index (χ1v) is 12.5. The largest absolute Gasteiger partial charge is 0.490 e. The van der Waals surface area contributed by atoms with Crippen molar-refractivity contribution in [3.63, 3.8) is 0 Å². The molecule has 180 valence electrons. The van der Waals surface area contributed by atoms with Crippen LogP contribution in [0.25, 0.3) is 11.1 Å². The molecule has 0 N–H and O–H groups in total. The lowest BCUT2D eigenvalue weighted by atomic mass is 9.78. The van der Waals surface area contributed by atoms with Crippen LogP contribution < -0.4 is 4.74 Å². The van der Waals surface area contributed by atoms with Crippen LogP contribution in [0.2, 0.25) is 0 Å². The smallest absolute Gasteiger partial charge is 0.166 e. The third-order valence-electron chi connectivity index (χ3n) is 7.08. The molecule has 0 unspecified atom stereocenters. The highest BCUT2D eigenvalue weighted by Crippen LogP contribution is 2.39. The van der Waals surface area contributed by atoms with Crippen LogP contribution in [-0.2, 0) is 12.8 Å². The molecule has 4 heteroatoms. The number of hydrogen-bond donors (Lipinski definition) is 0. The molecule has 1 fully saturated rings. The van der Waals surface area contributed by atoms with E-state index in [1.54, 1.807) is 24.3 Å². The van der Waals surface area contributed by atoms with Gasteiger partial charge in [-0.2, -0.15) is 0 Å². The molecule has 0 aromatic heterocycles. The maximum atomic E-state index is 15.0. The molecule has 3 aromatic rings. The van der Waals surface area contributed by atoms with Gasteiger partial charge in [-0.25, -0.2) is 13.2 Å². The summed E-state index contributed by atoms with van der Waals surface area (Å²) in [5.41, 5.74) is 3.60. The Balaban J connectivity index is 1.36. The number of benzene rings is 3. The van der Waals surface area contributed by atoms with Crippen molar-refractivity contribution in [2.75, 3.05) is 6.61 Å². The van der Waals surface area contributed by atoms with Gasteiger partial charge in [0.05, 0.1) is 6.61 Å². The van der Waals surface area contributed by atoms with E-state index in [-0.39, 0.29) is 23.4 Å². The number of aryl methyl sites for hydroxylation is 2. The first-order chi connectivity index (χ1) is 16.5. The topological polar surface area (TPSA) is 9.23 Å². The first kappa shape index (κ1) is 24.4. The Hall–Kier alpha value is -2.75. The Morgan fingerprint density at radius 2 is 1.50 bits per heavy atom. The molecule has 1 aliphatic rings. The number of ether oxygens (including phenoxy) is 1. The Kier molecular flexibility index (Phi) is 7.97. The third-order valence-corrected chi connectivity index (χ3v) is 7.08. The lowest BCUT2D eigenvalue weighted by Crippen LogP contribution is -2.20. The molecular formula is C30H33F3O. The second-order valence-corrected chi connectivity index (χ2v) is 9.42. The van der Waals surface area contributed by atoms with E-state index in [4.69, 9.17) is 4.74 Å². The van der Waals surface area contributed by atoms with Crippen molar-refractivity contribution in [1.29, 1.82) is 0 Å². The molecule has 0 heterocycles. The fourth-order valence-electron chi connectivity index (χ4n) is 4.98. The molecule has 4 rings (SSSR count). The molecule has 1 saturated carbocycles. The minimum atomic E-state index is -0.769. The fourth-order valence-corrected chi connectivity index (χ4v) is 4.98. The van der Waals surface area contributed by atoms with E-state index in [1.807, 2.05) is 30.3 Å². The molecule has 1 nitrogen and oxygen atoms in total. The van der Waals surface area contributed by atoms with Gasteiger partial charge < -0.3 is 4.74 Å². The van der Waals surface area contributed by atoms with Gasteiger partial charge in [0.15, 0.2) is 23.2 Å². The van der Waals surface area contributed by atoms with Crippen LogP contribution >= 0.6 is 0 Å². The Morgan fingerprint density at radius 1 is 0.794 bits per heavy atom. The highest BCUT2D eigenvalue weighted by atomic mass is 19.2. The summed E-state index contributed by atoms with van der Waals surface area (Å²) in [6, 6.07) is 16.2. The zero-order valence-corrected chi connectivity index (χ0v) is 20.0. The molecule has 0 spiro atoms. The maximum absolute atomic E-state index is 15.0. The van der Waals surface area contributed by atoms with Gasteiger partial charge in [0.1, 0.15) is 0 Å². The molecule has 0 bridgehead atoms. The normalized spacial score (nSPS) is 18.1. The molecule has 0 saturated heterocycles. The van der Waals surface area contributed by atoms with Crippen LogP contribution in [0.3, 0.4) is 0 Å². The predicted octanol–water partition coefficient (Wildman–Crippen LogP) is 8.64. The second-order valence-electron chi connectivity index (χ2n) is 9.42. The van der Waals surface area contributed by atoms with Gasteiger partial charge in [-0.05, 0) is 84.7 Å². The molecule has 0 amide bonds. The monoisotopic (exact) mass is 466 g/mol. The zero-order valence-electron chi connectivity index (χ0n) is 20.0. The summed E-state index contributed by atoms with van der Waals surface area (Å²) >= 11 is 0. The van der Waals surface area contributed by atoms with Crippen LogP contribution in [-0.4, -0.2) is 6.61 Å². The molecule has 0 atom stereocenters. The molecule has 3 aromatic carbocycles. The van der Waals surface area contributed by atoms with E-state index >= 15 is 4.39 Å². The van der Waals surface area contributed by atoms with Crippen LogP contribution in [0.5, 0.6) is 5.75 Å². The lowest BCUT2D eigenvalue weighted by Gasteiger charge is -2.29. The predicted molar refractivity (Wildman–Crippen MR) is 132 cm³/mol. The van der Waals surface area contributed by atoms with Gasteiger partial charge >= 0.3 is 0 Å². The molecule has 0 radical (unpaired) electrons. The highest BCUT2D eigenvalue weighted by Gasteiger charge is 2.27. The van der Waals surface area contributed by atoms with Crippen LogP contribution in [0.4, 0.5) is 13.2 Å². The van der Waals surface area contributed by atoms with Crippen molar-refractivity contribution in [2.45, 2.75) is 64.7 Å². The van der Waals surface area contributed by atoms with Crippen molar-refractivity contribution in [3.05, 3.63) is 88.7 Å². The Bertz CT molecular complexity index is 1100. The molecular weight excluding hydrogens is 433 g/mol. The third kappa shape index (κ3) is 5.48. The van der Waals surface area contributed by atoms with E-state index in [0.717, 1.165) is 50.5 Å². The number of halogens is 3. The van der Waals surface area contributed by atoms with Crippen LogP contribution in [0.1, 0.15) is 68.6 Å². The van der Waals surface area contributed by atoms with E-state index < -0.39 is 11.6 Å². The summed E-state index contributed by atoms with van der Waals surface area (Å²) in [4.78, 5) is 0. The van der Waals surface area contributed by atoms with Crippen molar-refractivity contribution < 1.29 is 17.9 Å². The summed E-state index contributed by atoms with van der Waals surface area (Å²) in [6.45, 7) is 4.58. The average molecular weight is 467 g/mol. The average Bonchev–Trinajstić information content (AvgIpc) is 2.86. The van der Waals surface area contributed by atoms with Crippen LogP contribution in [0.15, 0.2) is 54.6 Å². The Morgan fingerprint density at radius 3 is 2.15 bits per heavy atom. The summed E-state index contributed by atoms with van der Waals surface area (Å²) in [6.07, 6.45) is 5.97. The summed E-state index contributed by atoms with van der Waals surface area (Å²) in [5, 5.41) is 0. The van der Waals surface area contributed by atoms with Crippen molar-refractivity contribution in [3.8, 4) is 16.9 Å². The van der Waals surface area contributed by atoms with E-state index in [9.17, 15) is 8.78 Å². The molecule has 1 aliphatic carbocycles. The van der Waals surface area contributed by atoms with Gasteiger partial charge in [-0.15, -0.1) is 0 Å². The summed E-state index contributed by atoms with van der Waals surface area (Å²) < 4.78 is 50.0. The molecule has 34 heavy (non-hydrogen) atoms. The molecule has 0 aliphatic heterocycles. The standard InChI is InChI=1S/C30H33F3O/c1-3-5-21-10-17-28(27(31)18-21)34-19-22-8-13-24(14-9-22)26-16-15-25(29(32)30(26)33)23-11-6-20(4-2)7-12-23/h6-7,10-12,15-18,22,24H,3-5,8-9,13-14,19H2,1-2H3. The fraction of sp³-hybridized carbons (Fsp3) is 0.400. The minimum absolute atomic E-state index is 0.00710. The number of rotatable bonds is 8. The van der Waals surface area contributed by atoms with Gasteiger partial charge in [0.2, 0.25) is 0 Å². The van der Waals surface area contributed by atoms with Crippen LogP contribution in [0, 0.1) is 23.4 Å². The first-order valence-electron chi connectivity index (χ1n) is 12.5. The zero-order chi connectivity index (χ0) is 24.1. The van der Waals surface area contributed by atoms with E-state index in [0.29, 0.717) is 23.3 Å². The SMILES string of the molecule is CCCc1ccc(OCC2CCC(c3ccc(-c4ccc(CC)cc4)c(F)c3F)CC2)c(F)c1. The van der Waals surface area contributed by atoms with Gasteiger partial charge in [0, 0.05) is 5.56 Å². The summed E-state index contributed by atoms with van der Waals surface area (Å²) in [5.74, 6) is -1.25. The Labute approximate surface area is 201 Å². The van der Waals surface area contributed by atoms with Gasteiger partial charge in [0.25, 0.3) is 0 Å². The van der Waals surface area contributed by atoms with Crippen molar-refractivity contribution in [2.24, 2.45) is 5.92 Å².